The predicted molar refractivity (Wildman–Crippen MR) is 167 cm³/mol. The molecule has 0 bridgehead atoms. The molecule has 0 aliphatic carbocycles. The van der Waals surface area contributed by atoms with E-state index in [0.29, 0.717) is 39.3 Å². The number of ether oxygens (including phenoxy) is 2. The second-order valence-corrected chi connectivity index (χ2v) is 10.3. The van der Waals surface area contributed by atoms with Crippen LogP contribution in [0, 0.1) is 12.7 Å². The van der Waals surface area contributed by atoms with E-state index in [2.05, 4.69) is 62.2 Å². The molecular formula is C34H29BrFN3O3. The highest BCUT2D eigenvalue weighted by Crippen LogP contribution is 2.37. The summed E-state index contributed by atoms with van der Waals surface area (Å²) < 4.78 is 28.5. The van der Waals surface area contributed by atoms with Gasteiger partial charge in [0.25, 0.3) is 5.91 Å². The summed E-state index contributed by atoms with van der Waals surface area (Å²) in [5, 5.41) is 4.14. The summed E-state index contributed by atoms with van der Waals surface area (Å²) in [7, 11) is 0. The third-order valence-electron chi connectivity index (χ3n) is 6.57. The van der Waals surface area contributed by atoms with E-state index in [1.54, 1.807) is 42.5 Å². The van der Waals surface area contributed by atoms with Gasteiger partial charge in [0.05, 0.1) is 23.0 Å². The summed E-state index contributed by atoms with van der Waals surface area (Å²) >= 11 is 3.52. The minimum Gasteiger partial charge on any atom is -0.490 e. The zero-order chi connectivity index (χ0) is 29.5. The number of rotatable bonds is 10. The summed E-state index contributed by atoms with van der Waals surface area (Å²) in [5.41, 5.74) is 8.43. The number of carbonyl (C=O) groups is 1. The molecule has 6 nitrogen and oxygen atoms in total. The maximum Gasteiger partial charge on any atom is 0.271 e. The quantitative estimate of drug-likeness (QED) is 0.126. The van der Waals surface area contributed by atoms with Gasteiger partial charge in [0.15, 0.2) is 11.5 Å². The molecule has 0 radical (unpaired) electrons. The lowest BCUT2D eigenvalue weighted by molar-refractivity contribution is 0.0955. The van der Waals surface area contributed by atoms with E-state index >= 15 is 0 Å². The smallest absolute Gasteiger partial charge is 0.271 e. The largest absolute Gasteiger partial charge is 0.490 e. The first-order valence-corrected chi connectivity index (χ1v) is 14.2. The number of nitrogens with one attached hydrogen (secondary N) is 1. The van der Waals surface area contributed by atoms with Gasteiger partial charge in [-0.05, 0) is 95.5 Å². The number of hydrogen-bond acceptors (Lipinski definition) is 4. The van der Waals surface area contributed by atoms with Crippen LogP contribution in [0.25, 0.3) is 16.9 Å². The zero-order valence-electron chi connectivity index (χ0n) is 23.2. The molecule has 42 heavy (non-hydrogen) atoms. The van der Waals surface area contributed by atoms with Crippen LogP contribution >= 0.6 is 15.9 Å². The van der Waals surface area contributed by atoms with Crippen molar-refractivity contribution in [2.24, 2.45) is 5.10 Å². The van der Waals surface area contributed by atoms with Crippen molar-refractivity contribution in [3.8, 4) is 28.4 Å². The number of aromatic nitrogens is 1. The van der Waals surface area contributed by atoms with Gasteiger partial charge in [-0.2, -0.15) is 5.10 Å². The molecule has 1 aromatic heterocycles. The van der Waals surface area contributed by atoms with E-state index < -0.39 is 0 Å². The van der Waals surface area contributed by atoms with Crippen LogP contribution in [0.4, 0.5) is 4.39 Å². The standard InChI is InChI=1S/C34H29BrFN3O3/c1-3-41-32-20-24(19-29(35)33(32)42-22-27-11-7-8-12-30(27)36)21-37-38-34(40)26-14-16-28(17-15-26)39-23(2)13-18-31(39)25-9-5-4-6-10-25/h4-21H,3,22H2,1-2H3,(H,38,40)/b37-21+. The first-order valence-electron chi connectivity index (χ1n) is 13.4. The Bertz CT molecular complexity index is 1720. The van der Waals surface area contributed by atoms with Crippen LogP contribution in [0.2, 0.25) is 0 Å². The number of benzene rings is 4. The Balaban J connectivity index is 1.27. The van der Waals surface area contributed by atoms with Gasteiger partial charge in [0.1, 0.15) is 12.4 Å². The molecule has 0 aliphatic rings. The van der Waals surface area contributed by atoms with E-state index in [1.807, 2.05) is 37.3 Å². The van der Waals surface area contributed by atoms with Gasteiger partial charge in [-0.25, -0.2) is 9.82 Å². The molecule has 0 fully saturated rings. The molecule has 8 heteroatoms. The van der Waals surface area contributed by atoms with Gasteiger partial charge in [-0.1, -0.05) is 48.5 Å². The van der Waals surface area contributed by atoms with E-state index in [1.165, 1.54) is 12.3 Å². The molecule has 0 spiro atoms. The Kier molecular flexibility index (Phi) is 9.14. The van der Waals surface area contributed by atoms with Crippen LogP contribution < -0.4 is 14.9 Å². The van der Waals surface area contributed by atoms with Crippen LogP contribution in [0.5, 0.6) is 11.5 Å². The van der Waals surface area contributed by atoms with Crippen molar-refractivity contribution in [3.05, 3.63) is 136 Å². The Morgan fingerprint density at radius 2 is 1.69 bits per heavy atom. The molecule has 1 N–H and O–H groups in total. The highest BCUT2D eigenvalue weighted by molar-refractivity contribution is 9.10. The van der Waals surface area contributed by atoms with E-state index in [9.17, 15) is 9.18 Å². The van der Waals surface area contributed by atoms with Gasteiger partial charge >= 0.3 is 0 Å². The minimum atomic E-state index is -0.336. The van der Waals surface area contributed by atoms with Crippen LogP contribution in [0.15, 0.2) is 113 Å². The van der Waals surface area contributed by atoms with Crippen molar-refractivity contribution >= 4 is 28.1 Å². The van der Waals surface area contributed by atoms with Crippen molar-refractivity contribution in [2.45, 2.75) is 20.5 Å². The highest BCUT2D eigenvalue weighted by atomic mass is 79.9. The minimum absolute atomic E-state index is 0.0467. The summed E-state index contributed by atoms with van der Waals surface area (Å²) in [4.78, 5) is 12.8. The third kappa shape index (κ3) is 6.61. The van der Waals surface area contributed by atoms with Gasteiger partial charge in [0.2, 0.25) is 0 Å². The van der Waals surface area contributed by atoms with Gasteiger partial charge < -0.3 is 14.0 Å². The average Bonchev–Trinajstić information content (AvgIpc) is 3.39. The molecule has 1 heterocycles. The normalized spacial score (nSPS) is 11.0. The predicted octanol–water partition coefficient (Wildman–Crippen LogP) is 8.10. The Morgan fingerprint density at radius 1 is 0.952 bits per heavy atom. The number of hydrogen-bond donors (Lipinski definition) is 1. The lowest BCUT2D eigenvalue weighted by atomic mass is 10.1. The number of carbonyl (C=O) groups excluding carboxylic acids is 1. The van der Waals surface area contributed by atoms with Crippen molar-refractivity contribution in [3.63, 3.8) is 0 Å². The SMILES string of the molecule is CCOc1cc(/C=N/NC(=O)c2ccc(-n3c(C)ccc3-c3ccccc3)cc2)cc(Br)c1OCc1ccccc1F. The van der Waals surface area contributed by atoms with Crippen LogP contribution in [-0.4, -0.2) is 23.3 Å². The Labute approximate surface area is 252 Å². The molecule has 1 amide bonds. The number of nitrogens with zero attached hydrogens (tertiary/aromatic N) is 2. The Morgan fingerprint density at radius 3 is 2.43 bits per heavy atom. The van der Waals surface area contributed by atoms with Crippen molar-refractivity contribution in [2.75, 3.05) is 6.61 Å². The molecule has 0 saturated carbocycles. The fourth-order valence-corrected chi connectivity index (χ4v) is 5.11. The molecule has 0 aliphatic heterocycles. The first-order chi connectivity index (χ1) is 20.4. The maximum absolute atomic E-state index is 14.0. The van der Waals surface area contributed by atoms with E-state index in [4.69, 9.17) is 9.47 Å². The lowest BCUT2D eigenvalue weighted by Gasteiger charge is -2.15. The summed E-state index contributed by atoms with van der Waals surface area (Å²) in [6, 6.07) is 31.7. The van der Waals surface area contributed by atoms with Crippen LogP contribution in [-0.2, 0) is 6.61 Å². The van der Waals surface area contributed by atoms with Gasteiger partial charge in [0, 0.05) is 22.5 Å². The first kappa shape index (κ1) is 28.8. The molecule has 5 aromatic rings. The molecular weight excluding hydrogens is 597 g/mol. The average molecular weight is 627 g/mol. The van der Waals surface area contributed by atoms with Crippen LogP contribution in [0.1, 0.15) is 34.1 Å². The van der Waals surface area contributed by atoms with Gasteiger partial charge in [-0.3, -0.25) is 4.79 Å². The number of amides is 1. The third-order valence-corrected chi connectivity index (χ3v) is 7.16. The number of aryl methyl sites for hydroxylation is 1. The summed E-state index contributed by atoms with van der Waals surface area (Å²) in [6.07, 6.45) is 1.52. The van der Waals surface area contributed by atoms with Gasteiger partial charge in [-0.15, -0.1) is 0 Å². The van der Waals surface area contributed by atoms with E-state index in [0.717, 1.165) is 22.6 Å². The maximum atomic E-state index is 14.0. The fourth-order valence-electron chi connectivity index (χ4n) is 4.54. The van der Waals surface area contributed by atoms with Crippen molar-refractivity contribution in [1.29, 1.82) is 0 Å². The second-order valence-electron chi connectivity index (χ2n) is 9.45. The molecule has 0 atom stereocenters. The van der Waals surface area contributed by atoms with Crippen molar-refractivity contribution in [1.82, 2.24) is 9.99 Å². The topological polar surface area (TPSA) is 64.8 Å². The second kappa shape index (κ2) is 13.3. The van der Waals surface area contributed by atoms with Crippen molar-refractivity contribution < 1.29 is 18.7 Å². The zero-order valence-corrected chi connectivity index (χ0v) is 24.8. The fraction of sp³-hybridized carbons (Fsp3) is 0.118. The number of hydrazone groups is 1. The molecule has 4 aromatic carbocycles. The highest BCUT2D eigenvalue weighted by Gasteiger charge is 2.14. The van der Waals surface area contributed by atoms with E-state index in [-0.39, 0.29) is 18.3 Å². The van der Waals surface area contributed by atoms with Crippen LogP contribution in [0.3, 0.4) is 0 Å². The molecule has 0 saturated heterocycles. The Hall–Kier alpha value is -4.69. The molecule has 212 valence electrons. The lowest BCUT2D eigenvalue weighted by Crippen LogP contribution is -2.17. The number of halogens is 2. The summed E-state index contributed by atoms with van der Waals surface area (Å²) in [5.74, 6) is 0.258. The summed E-state index contributed by atoms with van der Waals surface area (Å²) in [6.45, 7) is 4.37. The molecule has 5 rings (SSSR count). The molecule has 0 unspecified atom stereocenters. The monoisotopic (exact) mass is 625 g/mol.